The maximum absolute atomic E-state index is 5.71. The van der Waals surface area contributed by atoms with Gasteiger partial charge in [0.1, 0.15) is 0 Å². The maximum Gasteiger partial charge on any atom is 0.0406 e. The minimum atomic E-state index is 0.750. The van der Waals surface area contributed by atoms with E-state index < -0.39 is 0 Å². The Labute approximate surface area is 82.1 Å². The fourth-order valence-corrected chi connectivity index (χ4v) is 0.993. The first kappa shape index (κ1) is 9.37. The highest BCUT2D eigenvalue weighted by molar-refractivity contribution is 6.30. The average molecular weight is 199 g/mol. The summed E-state index contributed by atoms with van der Waals surface area (Å²) in [6.45, 7) is 0. The minimum absolute atomic E-state index is 0.750. The fraction of sp³-hybridized carbons (Fsp3) is 0. The van der Waals surface area contributed by atoms with Gasteiger partial charge in [0, 0.05) is 10.6 Å². The Kier molecular flexibility index (Phi) is 3.92. The second kappa shape index (κ2) is 5.02. The molecule has 0 N–H and O–H groups in total. The van der Waals surface area contributed by atoms with Crippen LogP contribution in [0, 0.1) is 0 Å². The zero-order chi connectivity index (χ0) is 8.81. The van der Waals surface area contributed by atoms with Crippen LogP contribution >= 0.6 is 23.2 Å². The topological polar surface area (TPSA) is 0 Å². The molecule has 62 valence electrons. The second-order valence-electron chi connectivity index (χ2n) is 2.23. The van der Waals surface area contributed by atoms with E-state index in [0.717, 1.165) is 10.6 Å². The molecule has 0 nitrogen and oxygen atoms in total. The third-order valence-electron chi connectivity index (χ3n) is 1.34. The van der Waals surface area contributed by atoms with Gasteiger partial charge in [0.25, 0.3) is 0 Å². The predicted molar refractivity (Wildman–Crippen MR) is 55.5 cm³/mol. The van der Waals surface area contributed by atoms with Crippen LogP contribution in [0.5, 0.6) is 0 Å². The molecule has 1 aromatic rings. The second-order valence-corrected chi connectivity index (χ2v) is 2.92. The highest BCUT2D eigenvalue weighted by atomic mass is 35.5. The van der Waals surface area contributed by atoms with E-state index in [0.29, 0.717) is 0 Å². The van der Waals surface area contributed by atoms with Gasteiger partial charge in [0.15, 0.2) is 0 Å². The van der Waals surface area contributed by atoms with E-state index >= 15 is 0 Å². The zero-order valence-electron chi connectivity index (χ0n) is 6.37. The van der Waals surface area contributed by atoms with Crippen LogP contribution in [-0.2, 0) is 0 Å². The van der Waals surface area contributed by atoms with Crippen molar-refractivity contribution >= 4 is 29.3 Å². The summed E-state index contributed by atoms with van der Waals surface area (Å²) < 4.78 is 0. The van der Waals surface area contributed by atoms with Gasteiger partial charge in [-0.25, -0.2) is 0 Å². The van der Waals surface area contributed by atoms with Crippen LogP contribution in [0.25, 0.3) is 6.08 Å². The Balaban J connectivity index is 2.70. The van der Waals surface area contributed by atoms with Crippen LogP contribution in [0.15, 0.2) is 42.0 Å². The molecule has 0 aliphatic carbocycles. The SMILES string of the molecule is Cl/C=C/C=C/c1ccc(Cl)cc1. The smallest absolute Gasteiger partial charge is 0.0406 e. The van der Waals surface area contributed by atoms with Crippen molar-refractivity contribution in [3.8, 4) is 0 Å². The normalized spacial score (nSPS) is 11.5. The summed E-state index contributed by atoms with van der Waals surface area (Å²) in [4.78, 5) is 0. The molecular formula is C10H8Cl2. The summed E-state index contributed by atoms with van der Waals surface area (Å²) >= 11 is 11.1. The lowest BCUT2D eigenvalue weighted by molar-refractivity contribution is 1.66. The first-order valence-corrected chi connectivity index (χ1v) is 4.33. The third-order valence-corrected chi connectivity index (χ3v) is 1.74. The van der Waals surface area contributed by atoms with Crippen molar-refractivity contribution in [2.75, 3.05) is 0 Å². The lowest BCUT2D eigenvalue weighted by Gasteiger charge is -1.91. The van der Waals surface area contributed by atoms with Crippen molar-refractivity contribution in [3.63, 3.8) is 0 Å². The van der Waals surface area contributed by atoms with Gasteiger partial charge in [-0.05, 0) is 17.7 Å². The van der Waals surface area contributed by atoms with E-state index in [-0.39, 0.29) is 0 Å². The molecule has 0 aliphatic heterocycles. The van der Waals surface area contributed by atoms with Gasteiger partial charge in [-0.1, -0.05) is 53.6 Å². The molecule has 0 saturated carbocycles. The fourth-order valence-electron chi connectivity index (χ4n) is 0.783. The number of rotatable bonds is 2. The van der Waals surface area contributed by atoms with Crippen molar-refractivity contribution in [1.82, 2.24) is 0 Å². The average Bonchev–Trinajstić information content (AvgIpc) is 2.09. The van der Waals surface area contributed by atoms with Gasteiger partial charge in [-0.3, -0.25) is 0 Å². The van der Waals surface area contributed by atoms with E-state index in [1.807, 2.05) is 36.4 Å². The molecular weight excluding hydrogens is 191 g/mol. The maximum atomic E-state index is 5.71. The van der Waals surface area contributed by atoms with Gasteiger partial charge >= 0.3 is 0 Å². The van der Waals surface area contributed by atoms with Gasteiger partial charge in [-0.2, -0.15) is 0 Å². The molecule has 12 heavy (non-hydrogen) atoms. The zero-order valence-corrected chi connectivity index (χ0v) is 7.89. The Bertz CT molecular complexity index is 283. The molecule has 1 aromatic carbocycles. The van der Waals surface area contributed by atoms with Crippen molar-refractivity contribution in [3.05, 3.63) is 52.5 Å². The van der Waals surface area contributed by atoms with Gasteiger partial charge < -0.3 is 0 Å². The number of halogens is 2. The number of hydrogen-bond donors (Lipinski definition) is 0. The summed E-state index contributed by atoms with van der Waals surface area (Å²) in [6.07, 6.45) is 5.58. The minimum Gasteiger partial charge on any atom is -0.0930 e. The van der Waals surface area contributed by atoms with Gasteiger partial charge in [0.2, 0.25) is 0 Å². The molecule has 0 amide bonds. The molecule has 0 saturated heterocycles. The predicted octanol–water partition coefficient (Wildman–Crippen LogP) is 4.11. The van der Waals surface area contributed by atoms with Crippen LogP contribution in [0.1, 0.15) is 5.56 Å². The first-order valence-electron chi connectivity index (χ1n) is 3.52. The van der Waals surface area contributed by atoms with Crippen molar-refractivity contribution in [1.29, 1.82) is 0 Å². The van der Waals surface area contributed by atoms with Crippen LogP contribution in [0.3, 0.4) is 0 Å². The monoisotopic (exact) mass is 198 g/mol. The Hall–Kier alpha value is -0.720. The molecule has 0 heterocycles. The Morgan fingerprint density at radius 3 is 2.25 bits per heavy atom. The van der Waals surface area contributed by atoms with Crippen LogP contribution in [-0.4, -0.2) is 0 Å². The molecule has 0 bridgehead atoms. The molecule has 0 unspecified atom stereocenters. The Morgan fingerprint density at radius 2 is 1.67 bits per heavy atom. The number of benzene rings is 1. The standard InChI is InChI=1S/C10H8Cl2/c11-8-2-1-3-9-4-6-10(12)7-5-9/h1-8H/b3-1+,8-2+. The quantitative estimate of drug-likeness (QED) is 0.628. The molecule has 0 atom stereocenters. The van der Waals surface area contributed by atoms with Crippen molar-refractivity contribution in [2.24, 2.45) is 0 Å². The summed E-state index contributed by atoms with van der Waals surface area (Å²) in [6, 6.07) is 7.60. The van der Waals surface area contributed by atoms with Crippen molar-refractivity contribution in [2.45, 2.75) is 0 Å². The number of hydrogen-bond acceptors (Lipinski definition) is 0. The van der Waals surface area contributed by atoms with Gasteiger partial charge in [-0.15, -0.1) is 0 Å². The summed E-state index contributed by atoms with van der Waals surface area (Å²) in [5.41, 5.74) is 2.57. The molecule has 0 aliphatic rings. The molecule has 1 rings (SSSR count). The van der Waals surface area contributed by atoms with E-state index in [1.54, 1.807) is 6.08 Å². The molecule has 0 aromatic heterocycles. The molecule has 2 heteroatoms. The van der Waals surface area contributed by atoms with E-state index in [2.05, 4.69) is 0 Å². The van der Waals surface area contributed by atoms with Crippen LogP contribution < -0.4 is 0 Å². The lowest BCUT2D eigenvalue weighted by atomic mass is 10.2. The summed E-state index contributed by atoms with van der Waals surface area (Å²) in [7, 11) is 0. The summed E-state index contributed by atoms with van der Waals surface area (Å²) in [5.74, 6) is 0. The highest BCUT2D eigenvalue weighted by Gasteiger charge is 1.85. The van der Waals surface area contributed by atoms with E-state index in [4.69, 9.17) is 23.2 Å². The third kappa shape index (κ3) is 3.12. The molecule has 0 spiro atoms. The van der Waals surface area contributed by atoms with Crippen molar-refractivity contribution < 1.29 is 0 Å². The van der Waals surface area contributed by atoms with E-state index in [1.165, 1.54) is 5.54 Å². The number of allylic oxidation sites excluding steroid dienone is 2. The van der Waals surface area contributed by atoms with Gasteiger partial charge in [0.05, 0.1) is 0 Å². The Morgan fingerprint density at radius 1 is 1.00 bits per heavy atom. The largest absolute Gasteiger partial charge is 0.0930 e. The lowest BCUT2D eigenvalue weighted by Crippen LogP contribution is -1.68. The van der Waals surface area contributed by atoms with Crippen LogP contribution in [0.4, 0.5) is 0 Å². The highest BCUT2D eigenvalue weighted by Crippen LogP contribution is 2.10. The van der Waals surface area contributed by atoms with Crippen LogP contribution in [0.2, 0.25) is 5.02 Å². The molecule has 0 fully saturated rings. The molecule has 0 radical (unpaired) electrons. The summed E-state index contributed by atoms with van der Waals surface area (Å²) in [5, 5.41) is 0.750. The van der Waals surface area contributed by atoms with E-state index in [9.17, 15) is 0 Å². The first-order chi connectivity index (χ1) is 5.83.